The van der Waals surface area contributed by atoms with Gasteiger partial charge in [-0.15, -0.1) is 0 Å². The van der Waals surface area contributed by atoms with Gasteiger partial charge in [0.05, 0.1) is 0 Å². The van der Waals surface area contributed by atoms with Crippen molar-refractivity contribution in [2.45, 2.75) is 52.6 Å². The van der Waals surface area contributed by atoms with Crippen LogP contribution in [-0.4, -0.2) is 29.7 Å². The Bertz CT molecular complexity index is 490. The van der Waals surface area contributed by atoms with Crippen LogP contribution in [0.25, 0.3) is 0 Å². The van der Waals surface area contributed by atoms with Crippen molar-refractivity contribution >= 4 is 6.09 Å². The van der Waals surface area contributed by atoms with E-state index in [4.69, 9.17) is 4.74 Å². The molecule has 0 spiro atoms. The first-order valence-electron chi connectivity index (χ1n) is 8.31. The van der Waals surface area contributed by atoms with Crippen LogP contribution in [-0.2, 0) is 4.74 Å². The van der Waals surface area contributed by atoms with Gasteiger partial charge in [0, 0.05) is 13.1 Å². The van der Waals surface area contributed by atoms with Gasteiger partial charge in [0.15, 0.2) is 0 Å². The summed E-state index contributed by atoms with van der Waals surface area (Å²) in [6.45, 7) is 11.8. The van der Waals surface area contributed by atoms with E-state index >= 15 is 0 Å². The van der Waals surface area contributed by atoms with Crippen molar-refractivity contribution < 1.29 is 9.53 Å². The molecule has 1 heterocycles. The summed E-state index contributed by atoms with van der Waals surface area (Å²) in [6, 6.07) is 10.7. The average molecular weight is 303 g/mol. The van der Waals surface area contributed by atoms with E-state index in [2.05, 4.69) is 44.2 Å². The molecule has 3 nitrogen and oxygen atoms in total. The zero-order valence-corrected chi connectivity index (χ0v) is 14.5. The maximum absolute atomic E-state index is 12.3. The first-order valence-corrected chi connectivity index (χ1v) is 8.31. The SMILES string of the molecule is CC(C)[C@@H]1CN(C(=O)OC(C)(C)C)CC[C@H]1c1ccccc1. The van der Waals surface area contributed by atoms with Crippen molar-refractivity contribution in [2.24, 2.45) is 11.8 Å². The molecule has 122 valence electrons. The van der Waals surface area contributed by atoms with Crippen LogP contribution < -0.4 is 0 Å². The first-order chi connectivity index (χ1) is 10.3. The minimum absolute atomic E-state index is 0.176. The van der Waals surface area contributed by atoms with Crippen molar-refractivity contribution in [3.05, 3.63) is 35.9 Å². The Morgan fingerprint density at radius 1 is 1.23 bits per heavy atom. The molecule has 2 atom stereocenters. The minimum atomic E-state index is -0.430. The van der Waals surface area contributed by atoms with Crippen LogP contribution in [0.4, 0.5) is 4.79 Å². The van der Waals surface area contributed by atoms with Crippen LogP contribution in [0.1, 0.15) is 52.5 Å². The van der Waals surface area contributed by atoms with Gasteiger partial charge in [0.2, 0.25) is 0 Å². The first kappa shape index (κ1) is 16.9. The molecule has 1 fully saturated rings. The average Bonchev–Trinajstić information content (AvgIpc) is 2.45. The normalized spacial score (nSPS) is 22.7. The van der Waals surface area contributed by atoms with Gasteiger partial charge in [-0.25, -0.2) is 4.79 Å². The minimum Gasteiger partial charge on any atom is -0.444 e. The lowest BCUT2D eigenvalue weighted by Gasteiger charge is -2.41. The molecule has 0 radical (unpaired) electrons. The van der Waals surface area contributed by atoms with Crippen LogP contribution >= 0.6 is 0 Å². The number of benzene rings is 1. The molecule has 2 rings (SSSR count). The molecule has 1 aromatic rings. The van der Waals surface area contributed by atoms with Gasteiger partial charge in [-0.2, -0.15) is 0 Å². The van der Waals surface area contributed by atoms with E-state index in [9.17, 15) is 4.79 Å². The van der Waals surface area contributed by atoms with Crippen LogP contribution in [0.15, 0.2) is 30.3 Å². The Kier molecular flexibility index (Phi) is 5.15. The number of rotatable bonds is 2. The van der Waals surface area contributed by atoms with Gasteiger partial charge < -0.3 is 9.64 Å². The lowest BCUT2D eigenvalue weighted by Crippen LogP contribution is -2.46. The monoisotopic (exact) mass is 303 g/mol. The number of ether oxygens (including phenoxy) is 1. The second kappa shape index (κ2) is 6.72. The zero-order chi connectivity index (χ0) is 16.3. The fourth-order valence-corrected chi connectivity index (χ4v) is 3.26. The van der Waals surface area contributed by atoms with Crippen LogP contribution in [0.2, 0.25) is 0 Å². The molecule has 0 saturated carbocycles. The fraction of sp³-hybridized carbons (Fsp3) is 0.632. The molecular formula is C19H29NO2. The van der Waals surface area contributed by atoms with E-state index < -0.39 is 5.60 Å². The largest absolute Gasteiger partial charge is 0.444 e. The van der Waals surface area contributed by atoms with Crippen LogP contribution in [0.5, 0.6) is 0 Å². The summed E-state index contributed by atoms with van der Waals surface area (Å²) in [5.41, 5.74) is 0.964. The van der Waals surface area contributed by atoms with E-state index in [1.54, 1.807) is 0 Å². The summed E-state index contributed by atoms with van der Waals surface area (Å²) in [5.74, 6) is 1.54. The molecule has 0 bridgehead atoms. The third kappa shape index (κ3) is 4.25. The van der Waals surface area contributed by atoms with Crippen molar-refractivity contribution in [2.75, 3.05) is 13.1 Å². The number of nitrogens with zero attached hydrogens (tertiary/aromatic N) is 1. The number of hydrogen-bond donors (Lipinski definition) is 0. The van der Waals surface area contributed by atoms with E-state index in [0.717, 1.165) is 19.5 Å². The van der Waals surface area contributed by atoms with Gasteiger partial charge in [0.1, 0.15) is 5.60 Å². The molecule has 1 amide bonds. The lowest BCUT2D eigenvalue weighted by atomic mass is 9.75. The molecule has 3 heteroatoms. The summed E-state index contributed by atoms with van der Waals surface area (Å²) in [5, 5.41) is 0. The topological polar surface area (TPSA) is 29.5 Å². The predicted octanol–water partition coefficient (Wildman–Crippen LogP) is 4.68. The molecule has 0 aliphatic carbocycles. The number of hydrogen-bond acceptors (Lipinski definition) is 2. The molecule has 0 aromatic heterocycles. The van der Waals surface area contributed by atoms with Crippen molar-refractivity contribution in [1.82, 2.24) is 4.90 Å². The Labute approximate surface area is 134 Å². The van der Waals surface area contributed by atoms with Crippen molar-refractivity contribution in [3.8, 4) is 0 Å². The standard InChI is InChI=1S/C19H29NO2/c1-14(2)17-13-20(18(21)22-19(3,4)5)12-11-16(17)15-9-7-6-8-10-15/h6-10,14,16-17H,11-13H2,1-5H3/t16-,17-/m0/s1. The van der Waals surface area contributed by atoms with E-state index in [-0.39, 0.29) is 6.09 Å². The molecule has 0 unspecified atom stereocenters. The quantitative estimate of drug-likeness (QED) is 0.793. The van der Waals surface area contributed by atoms with Gasteiger partial charge in [-0.1, -0.05) is 44.2 Å². The third-order valence-electron chi connectivity index (χ3n) is 4.39. The third-order valence-corrected chi connectivity index (χ3v) is 4.39. The van der Waals surface area contributed by atoms with E-state index in [1.807, 2.05) is 25.7 Å². The van der Waals surface area contributed by atoms with Crippen LogP contribution in [0.3, 0.4) is 0 Å². The molecule has 1 aromatic carbocycles. The van der Waals surface area contributed by atoms with E-state index in [0.29, 0.717) is 17.8 Å². The lowest BCUT2D eigenvalue weighted by molar-refractivity contribution is 0.0113. The highest BCUT2D eigenvalue weighted by atomic mass is 16.6. The highest BCUT2D eigenvalue weighted by Gasteiger charge is 2.35. The predicted molar refractivity (Wildman–Crippen MR) is 89.9 cm³/mol. The Hall–Kier alpha value is -1.51. The maximum atomic E-state index is 12.3. The Morgan fingerprint density at radius 2 is 1.86 bits per heavy atom. The van der Waals surface area contributed by atoms with Crippen molar-refractivity contribution in [1.29, 1.82) is 0 Å². The Balaban J connectivity index is 2.10. The summed E-state index contributed by atoms with van der Waals surface area (Å²) >= 11 is 0. The number of carbonyl (C=O) groups is 1. The molecule has 0 N–H and O–H groups in total. The van der Waals surface area contributed by atoms with Crippen LogP contribution in [0, 0.1) is 11.8 Å². The molecular weight excluding hydrogens is 274 g/mol. The second-order valence-corrected chi connectivity index (χ2v) is 7.64. The smallest absolute Gasteiger partial charge is 0.410 e. The number of likely N-dealkylation sites (tertiary alicyclic amines) is 1. The van der Waals surface area contributed by atoms with E-state index in [1.165, 1.54) is 5.56 Å². The number of amides is 1. The maximum Gasteiger partial charge on any atom is 0.410 e. The van der Waals surface area contributed by atoms with Gasteiger partial charge in [-0.05, 0) is 50.5 Å². The van der Waals surface area contributed by atoms with Gasteiger partial charge >= 0.3 is 6.09 Å². The summed E-state index contributed by atoms with van der Waals surface area (Å²) in [4.78, 5) is 14.2. The Morgan fingerprint density at radius 3 is 2.41 bits per heavy atom. The fourth-order valence-electron chi connectivity index (χ4n) is 3.26. The highest BCUT2D eigenvalue weighted by Crippen LogP contribution is 2.37. The second-order valence-electron chi connectivity index (χ2n) is 7.64. The molecule has 1 aliphatic heterocycles. The van der Waals surface area contributed by atoms with Crippen molar-refractivity contribution in [3.63, 3.8) is 0 Å². The van der Waals surface area contributed by atoms with Gasteiger partial charge in [-0.3, -0.25) is 0 Å². The molecule has 22 heavy (non-hydrogen) atoms. The summed E-state index contributed by atoms with van der Waals surface area (Å²) in [7, 11) is 0. The molecule has 1 saturated heterocycles. The molecule has 1 aliphatic rings. The summed E-state index contributed by atoms with van der Waals surface area (Å²) < 4.78 is 5.53. The summed E-state index contributed by atoms with van der Waals surface area (Å²) in [6.07, 6.45) is 0.830. The number of piperidine rings is 1. The zero-order valence-electron chi connectivity index (χ0n) is 14.5. The van der Waals surface area contributed by atoms with Gasteiger partial charge in [0.25, 0.3) is 0 Å². The highest BCUT2D eigenvalue weighted by molar-refractivity contribution is 5.68. The number of carbonyl (C=O) groups excluding carboxylic acids is 1.